The van der Waals surface area contributed by atoms with Crippen LogP contribution < -0.4 is 5.73 Å². The van der Waals surface area contributed by atoms with Crippen molar-refractivity contribution in [1.82, 2.24) is 4.90 Å². The molecule has 0 aromatic heterocycles. The van der Waals surface area contributed by atoms with Crippen LogP contribution in [0.1, 0.15) is 19.8 Å². The summed E-state index contributed by atoms with van der Waals surface area (Å²) in [5.41, 5.74) is 5.49. The first-order valence-corrected chi connectivity index (χ1v) is 5.02. The third-order valence-electron chi connectivity index (χ3n) is 2.61. The Morgan fingerprint density at radius 3 is 2.92 bits per heavy atom. The van der Waals surface area contributed by atoms with Gasteiger partial charge in [0.2, 0.25) is 0 Å². The molecule has 1 saturated heterocycles. The van der Waals surface area contributed by atoms with Gasteiger partial charge in [-0.3, -0.25) is 4.90 Å². The van der Waals surface area contributed by atoms with Crippen molar-refractivity contribution in [3.05, 3.63) is 0 Å². The van der Waals surface area contributed by atoms with E-state index in [1.807, 2.05) is 0 Å². The van der Waals surface area contributed by atoms with Gasteiger partial charge < -0.3 is 10.5 Å². The van der Waals surface area contributed by atoms with Crippen LogP contribution in [-0.2, 0) is 4.74 Å². The van der Waals surface area contributed by atoms with Gasteiger partial charge in [0, 0.05) is 20.2 Å². The van der Waals surface area contributed by atoms with Crippen molar-refractivity contribution in [3.63, 3.8) is 0 Å². The molecule has 1 unspecified atom stereocenters. The molecule has 1 atom stereocenters. The third-order valence-corrected chi connectivity index (χ3v) is 2.74. The second-order valence-corrected chi connectivity index (χ2v) is 4.46. The molecule has 0 bridgehead atoms. The zero-order valence-corrected chi connectivity index (χ0v) is 9.19. The minimum absolute atomic E-state index is 0.0109. The second kappa shape index (κ2) is 4.35. The largest absolute Gasteiger partial charge is 0.392 e. The van der Waals surface area contributed by atoms with E-state index in [9.17, 15) is 0 Å². The molecule has 76 valence electrons. The number of thiocarbonyl (C=S) groups is 1. The Morgan fingerprint density at radius 2 is 2.38 bits per heavy atom. The van der Waals surface area contributed by atoms with Crippen LogP contribution in [0.2, 0.25) is 0 Å². The quantitative estimate of drug-likeness (QED) is 0.686. The van der Waals surface area contributed by atoms with Crippen molar-refractivity contribution in [2.45, 2.75) is 25.4 Å². The van der Waals surface area contributed by atoms with Crippen LogP contribution in [0.15, 0.2) is 0 Å². The maximum atomic E-state index is 5.50. The zero-order chi connectivity index (χ0) is 9.90. The van der Waals surface area contributed by atoms with Crippen LogP contribution in [0, 0.1) is 0 Å². The monoisotopic (exact) mass is 202 g/mol. The molecule has 0 aromatic carbocycles. The lowest BCUT2D eigenvalue weighted by Crippen LogP contribution is -2.49. The summed E-state index contributed by atoms with van der Waals surface area (Å²) in [5, 5.41) is 0. The zero-order valence-electron chi connectivity index (χ0n) is 8.38. The fourth-order valence-corrected chi connectivity index (χ4v) is 2.01. The molecule has 1 fully saturated rings. The molecular formula is C9H18N2OS. The Hall–Kier alpha value is -0.190. The van der Waals surface area contributed by atoms with Gasteiger partial charge in [-0.1, -0.05) is 12.2 Å². The van der Waals surface area contributed by atoms with Crippen molar-refractivity contribution in [2.75, 3.05) is 26.7 Å². The Bertz CT molecular complexity index is 198. The topological polar surface area (TPSA) is 38.5 Å². The molecule has 1 aliphatic rings. The van der Waals surface area contributed by atoms with Crippen LogP contribution in [0.25, 0.3) is 0 Å². The lowest BCUT2D eigenvalue weighted by molar-refractivity contribution is -0.0468. The highest BCUT2D eigenvalue weighted by Crippen LogP contribution is 2.23. The molecular weight excluding hydrogens is 184 g/mol. The molecule has 13 heavy (non-hydrogen) atoms. The molecule has 0 radical (unpaired) electrons. The van der Waals surface area contributed by atoms with E-state index in [1.165, 1.54) is 0 Å². The molecule has 1 heterocycles. The summed E-state index contributed by atoms with van der Waals surface area (Å²) in [5.74, 6) is 0. The number of methoxy groups -OCH3 is 1. The molecule has 0 aliphatic carbocycles. The van der Waals surface area contributed by atoms with Gasteiger partial charge in [-0.2, -0.15) is 0 Å². The van der Waals surface area contributed by atoms with Crippen LogP contribution in [-0.4, -0.2) is 42.2 Å². The van der Waals surface area contributed by atoms with Gasteiger partial charge in [0.15, 0.2) is 0 Å². The Labute approximate surface area is 85.2 Å². The summed E-state index contributed by atoms with van der Waals surface area (Å²) < 4.78 is 5.46. The number of rotatable bonds is 3. The lowest BCUT2D eigenvalue weighted by atomic mass is 9.95. The van der Waals surface area contributed by atoms with Crippen LogP contribution >= 0.6 is 12.2 Å². The van der Waals surface area contributed by atoms with Crippen LogP contribution in [0.3, 0.4) is 0 Å². The van der Waals surface area contributed by atoms with Gasteiger partial charge in [0.1, 0.15) is 0 Å². The Balaban J connectivity index is 2.46. The van der Waals surface area contributed by atoms with E-state index in [0.29, 0.717) is 11.5 Å². The Kier molecular flexibility index (Phi) is 3.64. The van der Waals surface area contributed by atoms with Crippen LogP contribution in [0.4, 0.5) is 0 Å². The summed E-state index contributed by atoms with van der Waals surface area (Å²) in [6.45, 7) is 4.87. The van der Waals surface area contributed by atoms with E-state index in [1.54, 1.807) is 7.11 Å². The van der Waals surface area contributed by atoms with Crippen molar-refractivity contribution in [1.29, 1.82) is 0 Å². The molecule has 3 nitrogen and oxygen atoms in total. The first-order chi connectivity index (χ1) is 6.06. The van der Waals surface area contributed by atoms with Gasteiger partial charge in [-0.15, -0.1) is 0 Å². The number of nitrogens with zero attached hydrogens (tertiary/aromatic N) is 1. The number of ether oxygens (including phenoxy) is 1. The predicted molar refractivity (Wildman–Crippen MR) is 57.9 cm³/mol. The summed E-state index contributed by atoms with van der Waals surface area (Å²) in [4.78, 5) is 2.83. The minimum Gasteiger partial charge on any atom is -0.392 e. The van der Waals surface area contributed by atoms with Crippen LogP contribution in [0.5, 0.6) is 0 Å². The first kappa shape index (κ1) is 10.9. The predicted octanol–water partition coefficient (Wildman–Crippen LogP) is 0.773. The number of likely N-dealkylation sites (tertiary alicyclic amines) is 1. The number of nitrogens with two attached hydrogens (primary N) is 1. The number of piperidine rings is 1. The van der Waals surface area contributed by atoms with E-state index in [2.05, 4.69) is 11.8 Å². The van der Waals surface area contributed by atoms with E-state index < -0.39 is 0 Å². The molecule has 1 aliphatic heterocycles. The van der Waals surface area contributed by atoms with E-state index in [0.717, 1.165) is 25.9 Å². The fourth-order valence-electron chi connectivity index (χ4n) is 1.83. The highest BCUT2D eigenvalue weighted by Gasteiger charge is 2.30. The summed E-state index contributed by atoms with van der Waals surface area (Å²) in [6.07, 6.45) is 2.28. The van der Waals surface area contributed by atoms with Crippen molar-refractivity contribution < 1.29 is 4.74 Å². The third kappa shape index (κ3) is 3.21. The molecule has 4 heteroatoms. The molecule has 2 N–H and O–H groups in total. The average Bonchev–Trinajstić information content (AvgIpc) is 2.03. The highest BCUT2D eigenvalue weighted by molar-refractivity contribution is 7.80. The molecule has 0 amide bonds. The van der Waals surface area contributed by atoms with E-state index >= 15 is 0 Å². The van der Waals surface area contributed by atoms with Gasteiger partial charge in [-0.25, -0.2) is 0 Å². The standard InChI is InChI=1S/C9H18N2OS/c1-9(12-2)4-3-5-11(7-9)6-8(10)13/h3-7H2,1-2H3,(H2,10,13). The van der Waals surface area contributed by atoms with Crippen molar-refractivity contribution in [3.8, 4) is 0 Å². The smallest absolute Gasteiger partial charge is 0.0870 e. The number of hydrogen-bond donors (Lipinski definition) is 1. The maximum absolute atomic E-state index is 5.50. The molecule has 0 spiro atoms. The maximum Gasteiger partial charge on any atom is 0.0870 e. The minimum atomic E-state index is -0.0109. The van der Waals surface area contributed by atoms with Gasteiger partial charge in [0.05, 0.1) is 10.6 Å². The summed E-state index contributed by atoms with van der Waals surface area (Å²) >= 11 is 4.88. The van der Waals surface area contributed by atoms with Gasteiger partial charge in [-0.05, 0) is 26.3 Å². The Morgan fingerprint density at radius 1 is 1.69 bits per heavy atom. The number of hydrogen-bond acceptors (Lipinski definition) is 3. The second-order valence-electron chi connectivity index (χ2n) is 3.93. The average molecular weight is 202 g/mol. The molecule has 1 rings (SSSR count). The SMILES string of the molecule is COC1(C)CCCN(CC(N)=S)C1. The highest BCUT2D eigenvalue weighted by atomic mass is 32.1. The molecule has 0 aromatic rings. The fraction of sp³-hybridized carbons (Fsp3) is 0.889. The first-order valence-electron chi connectivity index (χ1n) is 4.61. The summed E-state index contributed by atoms with van der Waals surface area (Å²) in [6, 6.07) is 0. The van der Waals surface area contributed by atoms with Crippen molar-refractivity contribution in [2.24, 2.45) is 5.73 Å². The van der Waals surface area contributed by atoms with E-state index in [-0.39, 0.29) is 5.60 Å². The van der Waals surface area contributed by atoms with Gasteiger partial charge >= 0.3 is 0 Å². The summed E-state index contributed by atoms with van der Waals surface area (Å²) in [7, 11) is 1.77. The normalized spacial score (nSPS) is 30.3. The van der Waals surface area contributed by atoms with E-state index in [4.69, 9.17) is 22.7 Å². The van der Waals surface area contributed by atoms with Gasteiger partial charge in [0.25, 0.3) is 0 Å². The lowest BCUT2D eigenvalue weighted by Gasteiger charge is -2.39. The molecule has 0 saturated carbocycles. The van der Waals surface area contributed by atoms with Crippen molar-refractivity contribution >= 4 is 17.2 Å².